The lowest BCUT2D eigenvalue weighted by atomic mass is 10.2. The van der Waals surface area contributed by atoms with Crippen molar-refractivity contribution in [2.75, 3.05) is 44.3 Å². The molecule has 1 aromatic heterocycles. The minimum atomic E-state index is -3.53. The highest BCUT2D eigenvalue weighted by Gasteiger charge is 2.27. The number of sulfonamides is 1. The van der Waals surface area contributed by atoms with E-state index in [1.54, 1.807) is 23.9 Å². The second-order valence-corrected chi connectivity index (χ2v) is 11.5. The summed E-state index contributed by atoms with van der Waals surface area (Å²) in [6.45, 7) is 5.68. The lowest BCUT2D eigenvalue weighted by molar-refractivity contribution is 0.0730. The normalized spacial score (nSPS) is 17.4. The first-order chi connectivity index (χ1) is 16.5. The third-order valence-electron chi connectivity index (χ3n) is 6.17. The SMILES string of the molecule is Cc1ccc(-n2c(SCc3cccc(S(=O)(=O)N4CCOCC4)c3)nnc2N2CCCC2)cc1. The van der Waals surface area contributed by atoms with Gasteiger partial charge in [-0.1, -0.05) is 41.6 Å². The smallest absolute Gasteiger partial charge is 0.243 e. The number of thioether (sulfide) groups is 1. The minimum absolute atomic E-state index is 0.324. The van der Waals surface area contributed by atoms with Crippen LogP contribution in [-0.2, 0) is 20.5 Å². The highest BCUT2D eigenvalue weighted by atomic mass is 32.2. The number of nitrogens with zero attached hydrogens (tertiary/aromatic N) is 5. The van der Waals surface area contributed by atoms with E-state index in [0.29, 0.717) is 37.0 Å². The fraction of sp³-hybridized carbons (Fsp3) is 0.417. The lowest BCUT2D eigenvalue weighted by Gasteiger charge is -2.26. The van der Waals surface area contributed by atoms with E-state index in [1.807, 2.05) is 12.1 Å². The Labute approximate surface area is 205 Å². The summed E-state index contributed by atoms with van der Waals surface area (Å²) in [7, 11) is -3.53. The maximum atomic E-state index is 13.1. The van der Waals surface area contributed by atoms with Gasteiger partial charge < -0.3 is 9.64 Å². The van der Waals surface area contributed by atoms with Gasteiger partial charge in [0.05, 0.1) is 23.8 Å². The topological polar surface area (TPSA) is 80.6 Å². The van der Waals surface area contributed by atoms with E-state index >= 15 is 0 Å². The Balaban J connectivity index is 1.39. The Morgan fingerprint density at radius 2 is 1.71 bits per heavy atom. The van der Waals surface area contributed by atoms with Crippen molar-refractivity contribution in [1.29, 1.82) is 0 Å². The second-order valence-electron chi connectivity index (χ2n) is 8.60. The van der Waals surface area contributed by atoms with Crippen molar-refractivity contribution >= 4 is 27.7 Å². The van der Waals surface area contributed by atoms with Gasteiger partial charge >= 0.3 is 0 Å². The molecule has 0 aliphatic carbocycles. The maximum absolute atomic E-state index is 13.1. The number of hydrogen-bond donors (Lipinski definition) is 0. The molecule has 3 heterocycles. The molecule has 2 saturated heterocycles. The van der Waals surface area contributed by atoms with E-state index in [4.69, 9.17) is 4.74 Å². The largest absolute Gasteiger partial charge is 0.379 e. The number of benzene rings is 2. The zero-order valence-electron chi connectivity index (χ0n) is 19.3. The number of ether oxygens (including phenoxy) is 1. The van der Waals surface area contributed by atoms with Crippen LogP contribution >= 0.6 is 11.8 Å². The van der Waals surface area contributed by atoms with Crippen molar-refractivity contribution < 1.29 is 13.2 Å². The molecule has 0 bridgehead atoms. The molecule has 0 amide bonds. The summed E-state index contributed by atoms with van der Waals surface area (Å²) >= 11 is 1.57. The van der Waals surface area contributed by atoms with Crippen LogP contribution in [0.2, 0.25) is 0 Å². The Bertz CT molecular complexity index is 1230. The summed E-state index contributed by atoms with van der Waals surface area (Å²) in [5.74, 6) is 1.46. The molecule has 0 saturated carbocycles. The van der Waals surface area contributed by atoms with Gasteiger partial charge in [-0.05, 0) is 49.6 Å². The molecule has 2 aromatic carbocycles. The van der Waals surface area contributed by atoms with Gasteiger partial charge in [0.25, 0.3) is 0 Å². The van der Waals surface area contributed by atoms with E-state index in [0.717, 1.165) is 48.3 Å². The number of hydrogen-bond acceptors (Lipinski definition) is 7. The van der Waals surface area contributed by atoms with Crippen molar-refractivity contribution in [3.63, 3.8) is 0 Å². The van der Waals surface area contributed by atoms with E-state index in [2.05, 4.69) is 50.9 Å². The average Bonchev–Trinajstić information content (AvgIpc) is 3.54. The lowest BCUT2D eigenvalue weighted by Crippen LogP contribution is -2.40. The van der Waals surface area contributed by atoms with Crippen LogP contribution in [0.3, 0.4) is 0 Å². The van der Waals surface area contributed by atoms with Crippen LogP contribution in [-0.4, -0.2) is 66.9 Å². The summed E-state index contributed by atoms with van der Waals surface area (Å²) in [5, 5.41) is 9.84. The van der Waals surface area contributed by atoms with E-state index in [-0.39, 0.29) is 0 Å². The van der Waals surface area contributed by atoms with Gasteiger partial charge in [0.2, 0.25) is 16.0 Å². The fourth-order valence-corrected chi connectivity index (χ4v) is 6.65. The average molecular weight is 500 g/mol. The van der Waals surface area contributed by atoms with Gasteiger partial charge in [0.1, 0.15) is 0 Å². The van der Waals surface area contributed by atoms with Gasteiger partial charge in [-0.15, -0.1) is 10.2 Å². The molecule has 0 unspecified atom stereocenters. The molecule has 0 N–H and O–H groups in total. The Kier molecular flexibility index (Phi) is 6.91. The Hall–Kier alpha value is -2.40. The zero-order valence-corrected chi connectivity index (χ0v) is 20.9. The molecule has 2 fully saturated rings. The van der Waals surface area contributed by atoms with Crippen molar-refractivity contribution in [3.8, 4) is 5.69 Å². The molecule has 2 aliphatic heterocycles. The first-order valence-corrected chi connectivity index (χ1v) is 14.0. The molecule has 180 valence electrons. The van der Waals surface area contributed by atoms with Crippen LogP contribution in [0.15, 0.2) is 58.6 Å². The van der Waals surface area contributed by atoms with Crippen LogP contribution < -0.4 is 4.90 Å². The third-order valence-corrected chi connectivity index (χ3v) is 9.07. The number of morpholine rings is 1. The summed E-state index contributed by atoms with van der Waals surface area (Å²) < 4.78 is 35.0. The van der Waals surface area contributed by atoms with Crippen LogP contribution in [0, 0.1) is 6.92 Å². The Morgan fingerprint density at radius 3 is 2.44 bits per heavy atom. The van der Waals surface area contributed by atoms with Crippen LogP contribution in [0.4, 0.5) is 5.95 Å². The first kappa shape index (κ1) is 23.3. The summed E-state index contributed by atoms with van der Waals surface area (Å²) in [6.07, 6.45) is 2.32. The number of aromatic nitrogens is 3. The number of rotatable bonds is 7. The zero-order chi connectivity index (χ0) is 23.5. The molecular weight excluding hydrogens is 470 g/mol. The Morgan fingerprint density at radius 1 is 0.971 bits per heavy atom. The molecule has 0 atom stereocenters. The van der Waals surface area contributed by atoms with Crippen molar-refractivity contribution in [2.45, 2.75) is 35.6 Å². The number of aryl methyl sites for hydroxylation is 1. The predicted molar refractivity (Wildman–Crippen MR) is 133 cm³/mol. The van der Waals surface area contributed by atoms with Gasteiger partial charge in [0.15, 0.2) is 5.16 Å². The molecule has 34 heavy (non-hydrogen) atoms. The second kappa shape index (κ2) is 10.1. The standard InChI is InChI=1S/C24H29N5O3S2/c1-19-7-9-21(10-8-19)29-23(27-11-2-3-12-27)25-26-24(29)33-18-20-5-4-6-22(17-20)34(30,31)28-13-15-32-16-14-28/h4-10,17H,2-3,11-16,18H2,1H3. The molecule has 0 spiro atoms. The van der Waals surface area contributed by atoms with Gasteiger partial charge in [-0.3, -0.25) is 4.57 Å². The molecule has 10 heteroatoms. The van der Waals surface area contributed by atoms with Gasteiger partial charge in [-0.2, -0.15) is 4.31 Å². The predicted octanol–water partition coefficient (Wildman–Crippen LogP) is 3.49. The van der Waals surface area contributed by atoms with E-state index in [1.165, 1.54) is 9.87 Å². The minimum Gasteiger partial charge on any atom is -0.379 e. The van der Waals surface area contributed by atoms with Crippen LogP contribution in [0.1, 0.15) is 24.0 Å². The first-order valence-electron chi connectivity index (χ1n) is 11.6. The fourth-order valence-electron chi connectivity index (χ4n) is 4.28. The van der Waals surface area contributed by atoms with Crippen molar-refractivity contribution in [1.82, 2.24) is 19.1 Å². The molecular formula is C24H29N5O3S2. The van der Waals surface area contributed by atoms with Crippen LogP contribution in [0.25, 0.3) is 5.69 Å². The van der Waals surface area contributed by atoms with E-state index in [9.17, 15) is 8.42 Å². The van der Waals surface area contributed by atoms with Gasteiger partial charge in [-0.25, -0.2) is 8.42 Å². The summed E-state index contributed by atoms with van der Waals surface area (Å²) in [6, 6.07) is 15.6. The third kappa shape index (κ3) is 4.86. The molecule has 0 radical (unpaired) electrons. The molecule has 5 rings (SSSR count). The van der Waals surface area contributed by atoms with Crippen molar-refractivity contribution in [3.05, 3.63) is 59.7 Å². The van der Waals surface area contributed by atoms with Crippen LogP contribution in [0.5, 0.6) is 0 Å². The highest BCUT2D eigenvalue weighted by molar-refractivity contribution is 7.98. The van der Waals surface area contributed by atoms with E-state index < -0.39 is 10.0 Å². The summed E-state index contributed by atoms with van der Waals surface area (Å²) in [4.78, 5) is 2.61. The maximum Gasteiger partial charge on any atom is 0.243 e. The molecule has 3 aromatic rings. The van der Waals surface area contributed by atoms with Crippen molar-refractivity contribution in [2.24, 2.45) is 0 Å². The highest BCUT2D eigenvalue weighted by Crippen LogP contribution is 2.31. The van der Waals surface area contributed by atoms with Gasteiger partial charge in [0, 0.05) is 31.9 Å². The quantitative estimate of drug-likeness (QED) is 0.461. The number of anilines is 1. The monoisotopic (exact) mass is 499 g/mol. The molecule has 8 nitrogen and oxygen atoms in total. The molecule has 2 aliphatic rings. The summed E-state index contributed by atoms with van der Waals surface area (Å²) in [5.41, 5.74) is 3.16.